The van der Waals surface area contributed by atoms with Crippen molar-refractivity contribution in [3.63, 3.8) is 0 Å². The maximum absolute atomic E-state index is 13.5. The summed E-state index contributed by atoms with van der Waals surface area (Å²) in [6.45, 7) is 5.70. The van der Waals surface area contributed by atoms with Crippen LogP contribution < -0.4 is 5.32 Å². The molecule has 0 aromatic heterocycles. The lowest BCUT2D eigenvalue weighted by Gasteiger charge is -2.41. The van der Waals surface area contributed by atoms with Gasteiger partial charge in [-0.25, -0.2) is 0 Å². The highest BCUT2D eigenvalue weighted by atomic mass is 16.7. The van der Waals surface area contributed by atoms with Crippen molar-refractivity contribution in [2.24, 2.45) is 0 Å². The van der Waals surface area contributed by atoms with E-state index in [0.29, 0.717) is 12.8 Å². The third-order valence-electron chi connectivity index (χ3n) is 15.6. The summed E-state index contributed by atoms with van der Waals surface area (Å²) in [5, 5.41) is 57.1. The maximum atomic E-state index is 13.5. The van der Waals surface area contributed by atoms with Gasteiger partial charge in [-0.1, -0.05) is 293 Å². The molecular formula is C70H125NO10. The van der Waals surface area contributed by atoms with Gasteiger partial charge in [0.2, 0.25) is 5.91 Å². The fourth-order valence-corrected chi connectivity index (χ4v) is 10.3. The number of aliphatic hydroxyl groups excluding tert-OH is 5. The minimum absolute atomic E-state index is 0.123. The lowest BCUT2D eigenvalue weighted by atomic mass is 9.99. The second-order valence-corrected chi connectivity index (χ2v) is 23.2. The largest absolute Gasteiger partial charge is 0.454 e. The van der Waals surface area contributed by atoms with Crippen LogP contribution >= 0.6 is 0 Å². The van der Waals surface area contributed by atoms with Gasteiger partial charge in [-0.3, -0.25) is 9.59 Å². The Bertz CT molecular complexity index is 1590. The number of rotatable bonds is 57. The zero-order valence-corrected chi connectivity index (χ0v) is 52.1. The first-order valence-corrected chi connectivity index (χ1v) is 33.7. The minimum atomic E-state index is -1.62. The summed E-state index contributed by atoms with van der Waals surface area (Å²) in [6.07, 6.45) is 63.6. The Balaban J connectivity index is 2.66. The van der Waals surface area contributed by atoms with Crippen LogP contribution in [0.3, 0.4) is 0 Å². The van der Waals surface area contributed by atoms with Gasteiger partial charge < -0.3 is 45.1 Å². The summed E-state index contributed by atoms with van der Waals surface area (Å²) in [7, 11) is 0. The van der Waals surface area contributed by atoms with Crippen molar-refractivity contribution < 1.29 is 49.3 Å². The number of esters is 1. The molecule has 8 unspecified atom stereocenters. The second-order valence-electron chi connectivity index (χ2n) is 23.2. The molecule has 0 spiro atoms. The monoisotopic (exact) mass is 1140 g/mol. The highest BCUT2D eigenvalue weighted by Crippen LogP contribution is 2.26. The number of ether oxygens (including phenoxy) is 3. The summed E-state index contributed by atoms with van der Waals surface area (Å²) in [4.78, 5) is 26.6. The van der Waals surface area contributed by atoms with Crippen LogP contribution in [-0.2, 0) is 23.8 Å². The Kier molecular flexibility index (Phi) is 54.1. The fraction of sp³-hybridized carbons (Fsp3) is 0.800. The standard InChI is InChI=1S/C70H125NO10/c1-4-7-10-13-16-19-22-25-27-29-31-33-34-36-39-42-45-48-51-54-57-63(74)69(78)71-61(62(73)56-53-50-47-44-41-38-24-21-18-15-12-9-6-3)60-79-70-68(67(77)66(76)64(59-72)80-70)81-65(75)58-55-52-49-46-43-40-37-35-32-30-28-26-23-20-17-14-11-8-5-2/h7,10,16,19,25,27,31,33,36,39,53,56,61-64,66-68,70,72-74,76-77H,4-6,8-9,11-15,17-18,20-24,26,28-30,32,34-35,37-38,40-52,54-55,57-60H2,1-3H3,(H,71,78)/b10-7-,19-16-,27-25-,33-31-,39-36-,56-53+. The van der Waals surface area contributed by atoms with Crippen LogP contribution in [-0.4, -0.2) is 99.6 Å². The van der Waals surface area contributed by atoms with Gasteiger partial charge in [0.15, 0.2) is 12.4 Å². The van der Waals surface area contributed by atoms with E-state index in [1.807, 2.05) is 6.08 Å². The Morgan fingerprint density at radius 1 is 0.494 bits per heavy atom. The maximum Gasteiger partial charge on any atom is 0.306 e. The Labute approximate surface area is 496 Å². The molecule has 1 fully saturated rings. The van der Waals surface area contributed by atoms with Gasteiger partial charge in [0.1, 0.15) is 24.4 Å². The molecule has 0 aromatic rings. The number of carbonyl (C=O) groups excluding carboxylic acids is 2. The highest BCUT2D eigenvalue weighted by Gasteiger charge is 2.47. The number of nitrogens with one attached hydrogen (secondary N) is 1. The minimum Gasteiger partial charge on any atom is -0.454 e. The second kappa shape index (κ2) is 57.5. The molecule has 0 aliphatic carbocycles. The van der Waals surface area contributed by atoms with Gasteiger partial charge in [0, 0.05) is 6.42 Å². The van der Waals surface area contributed by atoms with Crippen LogP contribution in [0.4, 0.5) is 0 Å². The lowest BCUT2D eigenvalue weighted by molar-refractivity contribution is -0.305. The predicted molar refractivity (Wildman–Crippen MR) is 338 cm³/mol. The molecule has 1 aliphatic heterocycles. The van der Waals surface area contributed by atoms with E-state index in [2.05, 4.69) is 86.8 Å². The van der Waals surface area contributed by atoms with Gasteiger partial charge in [-0.2, -0.15) is 0 Å². The average Bonchev–Trinajstić information content (AvgIpc) is 3.46. The average molecular weight is 1140 g/mol. The molecule has 0 radical (unpaired) electrons. The molecule has 8 atom stereocenters. The molecule has 0 saturated carbocycles. The Morgan fingerprint density at radius 3 is 1.33 bits per heavy atom. The van der Waals surface area contributed by atoms with Crippen LogP contribution in [0.15, 0.2) is 72.9 Å². The first kappa shape index (κ1) is 76.1. The molecule has 470 valence electrons. The summed E-state index contributed by atoms with van der Waals surface area (Å²) >= 11 is 0. The number of hydrogen-bond donors (Lipinski definition) is 6. The van der Waals surface area contributed by atoms with Gasteiger partial charge in [-0.05, 0) is 70.6 Å². The molecule has 11 heteroatoms. The Morgan fingerprint density at radius 2 is 0.889 bits per heavy atom. The summed E-state index contributed by atoms with van der Waals surface area (Å²) in [5.74, 6) is -1.21. The smallest absolute Gasteiger partial charge is 0.306 e. The van der Waals surface area contributed by atoms with Crippen molar-refractivity contribution in [2.75, 3.05) is 13.2 Å². The van der Waals surface area contributed by atoms with Gasteiger partial charge in [-0.15, -0.1) is 0 Å². The van der Waals surface area contributed by atoms with Crippen molar-refractivity contribution in [3.05, 3.63) is 72.9 Å². The third kappa shape index (κ3) is 45.2. The van der Waals surface area contributed by atoms with E-state index in [1.54, 1.807) is 6.08 Å². The van der Waals surface area contributed by atoms with Crippen LogP contribution in [0.25, 0.3) is 0 Å². The zero-order chi connectivity index (χ0) is 58.9. The topological polar surface area (TPSA) is 175 Å². The van der Waals surface area contributed by atoms with Gasteiger partial charge >= 0.3 is 5.97 Å². The first-order valence-electron chi connectivity index (χ1n) is 33.7. The van der Waals surface area contributed by atoms with Crippen molar-refractivity contribution in [1.29, 1.82) is 0 Å². The fourth-order valence-electron chi connectivity index (χ4n) is 10.3. The van der Waals surface area contributed by atoms with E-state index in [1.165, 1.54) is 154 Å². The van der Waals surface area contributed by atoms with E-state index >= 15 is 0 Å². The normalized spacial score (nSPS) is 19.1. The van der Waals surface area contributed by atoms with Crippen LogP contribution in [0, 0.1) is 0 Å². The quantitative estimate of drug-likeness (QED) is 0.0195. The van der Waals surface area contributed by atoms with E-state index in [-0.39, 0.29) is 19.4 Å². The number of amides is 1. The predicted octanol–water partition coefficient (Wildman–Crippen LogP) is 16.7. The third-order valence-corrected chi connectivity index (χ3v) is 15.6. The molecular weight excluding hydrogens is 1010 g/mol. The molecule has 1 rings (SSSR count). The molecule has 0 bridgehead atoms. The van der Waals surface area contributed by atoms with Crippen molar-refractivity contribution in [2.45, 2.75) is 346 Å². The van der Waals surface area contributed by atoms with Crippen molar-refractivity contribution in [3.8, 4) is 0 Å². The van der Waals surface area contributed by atoms with Crippen LogP contribution in [0.1, 0.15) is 297 Å². The number of hydrogen-bond acceptors (Lipinski definition) is 10. The molecule has 1 amide bonds. The summed E-state index contributed by atoms with van der Waals surface area (Å²) in [6, 6.07) is -1.04. The van der Waals surface area contributed by atoms with Gasteiger partial charge in [0.25, 0.3) is 0 Å². The summed E-state index contributed by atoms with van der Waals surface area (Å²) in [5.41, 5.74) is 0. The number of unbranched alkanes of at least 4 members (excludes halogenated alkanes) is 33. The number of allylic oxidation sites excluding steroid dienone is 11. The lowest BCUT2D eigenvalue weighted by Crippen LogP contribution is -2.61. The zero-order valence-electron chi connectivity index (χ0n) is 52.1. The molecule has 11 nitrogen and oxygen atoms in total. The van der Waals surface area contributed by atoms with E-state index < -0.39 is 67.4 Å². The number of carbonyl (C=O) groups is 2. The SMILES string of the molecule is CC/C=C\C/C=C\C/C=C\C/C=C\C/C=C\CCCCCCC(O)C(=O)NC(COC1OC(CO)C(O)C(O)C1OC(=O)CCCCCCCCCCCCCCCCCCCCC)C(O)/C=C/CCCCCCCCCCCCC. The van der Waals surface area contributed by atoms with Crippen LogP contribution in [0.2, 0.25) is 0 Å². The molecule has 0 aromatic carbocycles. The highest BCUT2D eigenvalue weighted by molar-refractivity contribution is 5.80. The van der Waals surface area contributed by atoms with Crippen molar-refractivity contribution >= 4 is 11.9 Å². The van der Waals surface area contributed by atoms with E-state index in [4.69, 9.17) is 14.2 Å². The van der Waals surface area contributed by atoms with E-state index in [0.717, 1.165) is 96.3 Å². The van der Waals surface area contributed by atoms with Crippen LogP contribution in [0.5, 0.6) is 0 Å². The van der Waals surface area contributed by atoms with Crippen molar-refractivity contribution in [1.82, 2.24) is 5.32 Å². The Hall–Kier alpha value is -2.90. The molecule has 1 heterocycles. The molecule has 81 heavy (non-hydrogen) atoms. The number of aliphatic hydroxyl groups is 5. The van der Waals surface area contributed by atoms with Gasteiger partial charge in [0.05, 0.1) is 25.4 Å². The van der Waals surface area contributed by atoms with E-state index in [9.17, 15) is 35.1 Å². The first-order chi connectivity index (χ1) is 39.7. The molecule has 1 aliphatic rings. The summed E-state index contributed by atoms with van der Waals surface area (Å²) < 4.78 is 17.7. The molecule has 6 N–H and O–H groups in total. The molecule has 1 saturated heterocycles.